The highest BCUT2D eigenvalue weighted by Gasteiger charge is 2.55. The fourth-order valence-electron chi connectivity index (χ4n) is 7.88. The molecule has 0 saturated carbocycles. The molecule has 1 fully saturated rings. The largest absolute Gasteiger partial charge is 0.448 e. The first-order valence-corrected chi connectivity index (χ1v) is 25.4. The van der Waals surface area contributed by atoms with Gasteiger partial charge in [-0.2, -0.15) is 0 Å². The third kappa shape index (κ3) is 11.8. The Balaban J connectivity index is 1.14. The van der Waals surface area contributed by atoms with Crippen LogP contribution in [0.2, 0.25) is 0 Å². The molecule has 2 aliphatic rings. The van der Waals surface area contributed by atoms with E-state index < -0.39 is 58.5 Å². The fraction of sp³-hybridized carbons (Fsp3) is 0.204. The van der Waals surface area contributed by atoms with Gasteiger partial charge in [-0.05, 0) is 43.7 Å². The molecule has 4 N–H and O–H groups in total. The van der Waals surface area contributed by atoms with Crippen molar-refractivity contribution in [2.45, 2.75) is 62.3 Å². The van der Waals surface area contributed by atoms with Crippen LogP contribution in [-0.4, -0.2) is 68.1 Å². The Bertz CT molecular complexity index is 2810. The van der Waals surface area contributed by atoms with Crippen LogP contribution in [0.1, 0.15) is 73.2 Å². The summed E-state index contributed by atoms with van der Waals surface area (Å²) in [7, 11) is 0. The SMILES string of the molecule is CC(C)(C)OC(=O)Nc1nc(/C(=N/OC(c2ccccc2)(c2ccccc2)c2ccccc2)C(=O)NC2C(=O)N3C(C(=O)OC(c4ccccc4)c4ccccc4)=C(S/C=C\CCC(N)=O)CS[C@H]23)cs1. The number of primary amides is 1. The van der Waals surface area contributed by atoms with Crippen LogP contribution < -0.4 is 16.4 Å². The molecule has 5 aromatic carbocycles. The van der Waals surface area contributed by atoms with Crippen LogP contribution in [0.15, 0.2) is 184 Å². The van der Waals surface area contributed by atoms with Gasteiger partial charge in [0.05, 0.1) is 0 Å². The van der Waals surface area contributed by atoms with E-state index in [1.54, 1.807) is 37.6 Å². The number of anilines is 1. The van der Waals surface area contributed by atoms with Gasteiger partial charge >= 0.3 is 12.1 Å². The van der Waals surface area contributed by atoms with E-state index in [9.17, 15) is 24.0 Å². The first-order chi connectivity index (χ1) is 34.3. The number of allylic oxidation sites excluding steroid dienone is 1. The monoisotopic (exact) mass is 1010 g/mol. The molecule has 0 radical (unpaired) electrons. The second-order valence-electron chi connectivity index (χ2n) is 17.2. The van der Waals surface area contributed by atoms with Gasteiger partial charge in [0.15, 0.2) is 16.9 Å². The van der Waals surface area contributed by atoms with Crippen LogP contribution in [0, 0.1) is 0 Å². The van der Waals surface area contributed by atoms with Crippen LogP contribution in [0.4, 0.5) is 9.93 Å². The van der Waals surface area contributed by atoms with Crippen LogP contribution in [0.5, 0.6) is 0 Å². The van der Waals surface area contributed by atoms with Gasteiger partial charge in [-0.3, -0.25) is 24.6 Å². The van der Waals surface area contributed by atoms with E-state index in [0.29, 0.717) is 28.0 Å². The summed E-state index contributed by atoms with van der Waals surface area (Å²) in [5.41, 5.74) is 6.54. The molecule has 0 bridgehead atoms. The van der Waals surface area contributed by atoms with E-state index in [0.717, 1.165) is 22.5 Å². The van der Waals surface area contributed by atoms with Gasteiger partial charge in [-0.15, -0.1) is 23.1 Å². The van der Waals surface area contributed by atoms with Crippen molar-refractivity contribution in [1.82, 2.24) is 15.2 Å². The van der Waals surface area contributed by atoms with Crippen LogP contribution >= 0.6 is 34.9 Å². The third-order valence-electron chi connectivity index (χ3n) is 11.1. The predicted molar refractivity (Wildman–Crippen MR) is 277 cm³/mol. The van der Waals surface area contributed by atoms with E-state index in [2.05, 4.69) is 20.8 Å². The van der Waals surface area contributed by atoms with Gasteiger partial charge < -0.3 is 25.4 Å². The predicted octanol–water partition coefficient (Wildman–Crippen LogP) is 9.66. The molecular formula is C54H50N6O8S3. The van der Waals surface area contributed by atoms with Crippen molar-refractivity contribution >= 4 is 75.5 Å². The van der Waals surface area contributed by atoms with Crippen molar-refractivity contribution < 1.29 is 38.3 Å². The van der Waals surface area contributed by atoms with Crippen molar-refractivity contribution in [1.29, 1.82) is 0 Å². The zero-order chi connectivity index (χ0) is 50.0. The highest BCUT2D eigenvalue weighted by atomic mass is 32.2. The number of hydrogen-bond acceptors (Lipinski definition) is 13. The summed E-state index contributed by atoms with van der Waals surface area (Å²) in [6, 6.07) is 45.9. The number of ether oxygens (including phenoxy) is 2. The maximum absolute atomic E-state index is 14.9. The van der Waals surface area contributed by atoms with Crippen LogP contribution in [0.3, 0.4) is 0 Å². The molecule has 17 heteroatoms. The first kappa shape index (κ1) is 49.9. The normalized spacial score (nSPS) is 16.0. The Morgan fingerprint density at radius 2 is 1.37 bits per heavy atom. The van der Waals surface area contributed by atoms with Crippen LogP contribution in [0.25, 0.3) is 0 Å². The van der Waals surface area contributed by atoms with E-state index in [1.165, 1.54) is 28.4 Å². The molecular weight excluding hydrogens is 957 g/mol. The Hall–Kier alpha value is -7.47. The molecule has 1 saturated heterocycles. The number of benzene rings is 5. The highest BCUT2D eigenvalue weighted by Crippen LogP contribution is 2.45. The minimum absolute atomic E-state index is 0.0404. The number of carbonyl (C=O) groups excluding carboxylic acids is 5. The van der Waals surface area contributed by atoms with E-state index in [4.69, 9.17) is 20.0 Å². The molecule has 8 rings (SSSR count). The number of rotatable bonds is 18. The Morgan fingerprint density at radius 1 is 0.831 bits per heavy atom. The summed E-state index contributed by atoms with van der Waals surface area (Å²) in [4.78, 5) is 81.6. The number of nitrogens with two attached hydrogens (primary N) is 1. The Kier molecular flexibility index (Phi) is 15.8. The minimum Gasteiger partial charge on any atom is -0.448 e. The van der Waals surface area contributed by atoms with E-state index in [-0.39, 0.29) is 34.4 Å². The lowest BCUT2D eigenvalue weighted by Crippen LogP contribution is -2.71. The lowest BCUT2D eigenvalue weighted by atomic mass is 9.80. The molecule has 2 aliphatic heterocycles. The Labute approximate surface area is 423 Å². The summed E-state index contributed by atoms with van der Waals surface area (Å²) in [6.07, 6.45) is 0.756. The molecule has 2 atom stereocenters. The van der Waals surface area contributed by atoms with Gasteiger partial charge in [0.1, 0.15) is 28.4 Å². The number of esters is 1. The minimum atomic E-state index is -1.40. The second-order valence-corrected chi connectivity index (χ2v) is 20.2. The lowest BCUT2D eigenvalue weighted by Gasteiger charge is -2.49. The van der Waals surface area contributed by atoms with Crippen LogP contribution in [-0.2, 0) is 39.1 Å². The number of oxime groups is 1. The summed E-state index contributed by atoms with van der Waals surface area (Å²) < 4.78 is 11.8. The van der Waals surface area contributed by atoms with Gasteiger partial charge in [0.2, 0.25) is 11.5 Å². The molecule has 362 valence electrons. The summed E-state index contributed by atoms with van der Waals surface area (Å²) in [6.45, 7) is 5.20. The fourth-order valence-corrected chi connectivity index (χ4v) is 10.9. The number of carbonyl (C=O) groups is 5. The average Bonchev–Trinajstić information content (AvgIpc) is 3.83. The smallest absolute Gasteiger partial charge is 0.413 e. The molecule has 71 heavy (non-hydrogen) atoms. The second kappa shape index (κ2) is 22.5. The average molecular weight is 1010 g/mol. The zero-order valence-corrected chi connectivity index (χ0v) is 41.4. The molecule has 1 aromatic heterocycles. The van der Waals surface area contributed by atoms with Gasteiger partial charge in [0.25, 0.3) is 11.8 Å². The molecule has 6 aromatic rings. The summed E-state index contributed by atoms with van der Waals surface area (Å²) in [5, 5.41) is 12.8. The number of hydrogen-bond donors (Lipinski definition) is 3. The number of fused-ring (bicyclic) bond motifs is 1. The highest BCUT2D eigenvalue weighted by molar-refractivity contribution is 8.08. The van der Waals surface area contributed by atoms with Gasteiger partial charge in [-0.1, -0.05) is 175 Å². The summed E-state index contributed by atoms with van der Waals surface area (Å²) in [5.74, 6) is -2.27. The van der Waals surface area contributed by atoms with E-state index >= 15 is 0 Å². The van der Waals surface area contributed by atoms with Gasteiger partial charge in [0, 0.05) is 39.1 Å². The van der Waals surface area contributed by atoms with E-state index in [1.807, 2.05) is 152 Å². The maximum Gasteiger partial charge on any atom is 0.413 e. The number of nitrogens with zero attached hydrogens (tertiary/aromatic N) is 3. The number of thiazole rings is 1. The van der Waals surface area contributed by atoms with Crippen molar-refractivity contribution in [2.24, 2.45) is 10.9 Å². The lowest BCUT2D eigenvalue weighted by molar-refractivity contribution is -0.154. The third-order valence-corrected chi connectivity index (χ3v) is 14.3. The molecule has 14 nitrogen and oxygen atoms in total. The number of nitrogens with one attached hydrogen (secondary N) is 2. The molecule has 4 amide bonds. The Morgan fingerprint density at radius 3 is 1.89 bits per heavy atom. The molecule has 3 heterocycles. The summed E-state index contributed by atoms with van der Waals surface area (Å²) >= 11 is 3.64. The topological polar surface area (TPSA) is 192 Å². The van der Waals surface area contributed by atoms with Crippen molar-refractivity contribution in [3.05, 3.63) is 213 Å². The number of β-lactam (4-membered cyclic amide) rings is 1. The zero-order valence-electron chi connectivity index (χ0n) is 38.9. The standard InChI is InChI=1S/C54H50N6O8S3/c1-53(2,3)67-52(65)58-51-56-40(33-71-51)43(59-68-54(37-25-13-6-14-26-37,38-27-15-7-16-28-38)39-29-17-8-18-30-39)47(62)57-44-48(63)60-45(41(34-70-49(44)60)69-32-20-19-31-42(55)61)50(64)66-46(35-21-9-4-10-22-35)36-23-11-5-12-24-36/h4-18,20-30,32-33,44,46,49H,19,31,34H2,1-3H3,(H2,55,61)(H,57,62)(H,56,58,65)/b32-20-,59-43-/t44?,49-/m1/s1. The number of thioether (sulfide) groups is 2. The van der Waals surface area contributed by atoms with Crippen molar-refractivity contribution in [3.8, 4) is 0 Å². The first-order valence-electron chi connectivity index (χ1n) is 22.6. The molecule has 0 aliphatic carbocycles. The molecule has 0 spiro atoms. The van der Waals surface area contributed by atoms with Crippen molar-refractivity contribution in [3.63, 3.8) is 0 Å². The molecule has 1 unspecified atom stereocenters. The number of amides is 4. The number of aromatic nitrogens is 1. The van der Waals surface area contributed by atoms with Crippen molar-refractivity contribution in [2.75, 3.05) is 11.1 Å². The maximum atomic E-state index is 14.9. The quantitative estimate of drug-likeness (QED) is 0.0244. The van der Waals surface area contributed by atoms with Gasteiger partial charge in [-0.25, -0.2) is 14.6 Å².